The van der Waals surface area contributed by atoms with Crippen molar-refractivity contribution >= 4 is 39.5 Å². The van der Waals surface area contributed by atoms with E-state index >= 15 is 0 Å². The van der Waals surface area contributed by atoms with Crippen molar-refractivity contribution in [2.24, 2.45) is 0 Å². The zero-order valence-corrected chi connectivity index (χ0v) is 68.7. The fourth-order valence-corrected chi connectivity index (χ4v) is 11.8. The van der Waals surface area contributed by atoms with Gasteiger partial charge in [0.25, 0.3) is 0 Å². The maximum absolute atomic E-state index is 13.1. The Labute approximate surface area is 654 Å². The van der Waals surface area contributed by atoms with Crippen molar-refractivity contribution in [1.82, 2.24) is 0 Å². The zero-order chi connectivity index (χ0) is 78.9. The van der Waals surface area contributed by atoms with Gasteiger partial charge in [0.2, 0.25) is 0 Å². The van der Waals surface area contributed by atoms with Crippen molar-refractivity contribution in [3.05, 3.63) is 182 Å². The Hall–Kier alpha value is -5.84. The second-order valence-corrected chi connectivity index (χ2v) is 29.5. The topological polar surface area (TPSA) is 237 Å². The average molecular weight is 1550 g/mol. The van der Waals surface area contributed by atoms with Gasteiger partial charge in [0, 0.05) is 25.7 Å². The molecule has 0 fully saturated rings. The third-order valence-electron chi connectivity index (χ3n) is 16.4. The van der Waals surface area contributed by atoms with Crippen molar-refractivity contribution in [3.63, 3.8) is 0 Å². The van der Waals surface area contributed by atoms with E-state index in [1.165, 1.54) is 25.7 Å². The number of carbonyl (C=O) groups is 4. The number of phosphoric ester groups is 2. The van der Waals surface area contributed by atoms with Gasteiger partial charge < -0.3 is 33.8 Å². The molecule has 108 heavy (non-hydrogen) atoms. The number of unbranched alkanes of at least 4 members (excludes halogenated alkanes) is 19. The van der Waals surface area contributed by atoms with Gasteiger partial charge in [-0.1, -0.05) is 287 Å². The predicted octanol–water partition coefficient (Wildman–Crippen LogP) is 24.3. The summed E-state index contributed by atoms with van der Waals surface area (Å²) >= 11 is 0. The van der Waals surface area contributed by atoms with Gasteiger partial charge in [0.1, 0.15) is 19.3 Å². The number of ether oxygens (including phenoxy) is 4. The van der Waals surface area contributed by atoms with Gasteiger partial charge in [0.05, 0.1) is 26.4 Å². The van der Waals surface area contributed by atoms with E-state index < -0.39 is 97.5 Å². The number of phosphoric acid groups is 2. The van der Waals surface area contributed by atoms with Crippen LogP contribution in [0.15, 0.2) is 182 Å². The summed E-state index contributed by atoms with van der Waals surface area (Å²) in [5.41, 5.74) is 0. The minimum atomic E-state index is -5.01. The van der Waals surface area contributed by atoms with Gasteiger partial charge in [-0.25, -0.2) is 9.13 Å². The summed E-state index contributed by atoms with van der Waals surface area (Å²) in [5.74, 6) is -2.34. The molecule has 0 aromatic heterocycles. The van der Waals surface area contributed by atoms with E-state index in [2.05, 4.69) is 192 Å². The molecule has 5 unspecified atom stereocenters. The number of aliphatic hydroxyl groups is 1. The standard InChI is InChI=1S/C89H144O17P2/c1-5-9-13-17-21-25-29-33-36-39-41-44-46-50-53-57-61-65-69-73-86(91)99-79-84(105-88(93)75-71-67-63-59-55-49-32-28-24-20-16-12-8-4)81-103-107(95,96)101-77-83(90)78-102-108(97,98)104-82-85(106-89(94)76-72-68-64-60-56-52-48-43-38-35-31-27-23-19-15-11-7-3)80-100-87(92)74-70-66-62-58-54-51-47-45-42-40-37-34-30-26-22-18-14-10-6-2/h9-11,13-15,21-23,25-28,32-38,41-42,44-45,48,50,52-53,61,65,83-85,90H,5-8,12,16-20,24,29-31,39-40,43,46-47,49,51,54-60,62-64,66-82H2,1-4H3,(H,95,96)(H,97,98)/b13-9-,14-10-,15-11-,25-21-,26-22-,27-23-,32-28-,36-33-,37-34-,38-35-,44-41-,45-42-,52-48-,53-50-,65-61-. The molecule has 612 valence electrons. The highest BCUT2D eigenvalue weighted by atomic mass is 31.2. The van der Waals surface area contributed by atoms with E-state index in [-0.39, 0.29) is 25.7 Å². The summed E-state index contributed by atoms with van der Waals surface area (Å²) in [7, 11) is -10.0. The Balaban J connectivity index is 5.47. The van der Waals surface area contributed by atoms with Crippen LogP contribution in [-0.4, -0.2) is 96.7 Å². The molecule has 0 aliphatic heterocycles. The molecule has 0 radical (unpaired) electrons. The molecule has 0 aromatic carbocycles. The molecule has 0 aromatic rings. The van der Waals surface area contributed by atoms with E-state index in [0.29, 0.717) is 32.1 Å². The quantitative estimate of drug-likeness (QED) is 0.0169. The van der Waals surface area contributed by atoms with Crippen molar-refractivity contribution in [2.45, 2.75) is 316 Å². The Bertz CT molecular complexity index is 2760. The van der Waals surface area contributed by atoms with Crippen LogP contribution in [0.1, 0.15) is 297 Å². The lowest BCUT2D eigenvalue weighted by Gasteiger charge is -2.21. The van der Waals surface area contributed by atoms with Crippen LogP contribution in [0.4, 0.5) is 0 Å². The summed E-state index contributed by atoms with van der Waals surface area (Å²) in [6, 6.07) is 0. The fourth-order valence-electron chi connectivity index (χ4n) is 10.2. The largest absolute Gasteiger partial charge is 0.472 e. The van der Waals surface area contributed by atoms with Crippen molar-refractivity contribution in [2.75, 3.05) is 39.6 Å². The maximum atomic E-state index is 13.1. The molecule has 0 aliphatic carbocycles. The van der Waals surface area contributed by atoms with Gasteiger partial charge in [-0.15, -0.1) is 0 Å². The fraction of sp³-hybridized carbons (Fsp3) is 0.618. The number of allylic oxidation sites excluding steroid dienone is 30. The van der Waals surface area contributed by atoms with Crippen LogP contribution in [0.5, 0.6) is 0 Å². The molecule has 0 saturated heterocycles. The Morgan fingerprint density at radius 3 is 0.806 bits per heavy atom. The highest BCUT2D eigenvalue weighted by Gasteiger charge is 2.30. The average Bonchev–Trinajstić information content (AvgIpc) is 0.916. The summed E-state index contributed by atoms with van der Waals surface area (Å²) in [5, 5.41) is 10.7. The highest BCUT2D eigenvalue weighted by Crippen LogP contribution is 2.45. The van der Waals surface area contributed by atoms with E-state index in [1.54, 1.807) is 0 Å². The monoisotopic (exact) mass is 1550 g/mol. The molecule has 0 aliphatic rings. The minimum Gasteiger partial charge on any atom is -0.462 e. The lowest BCUT2D eigenvalue weighted by molar-refractivity contribution is -0.161. The molecule has 0 rings (SSSR count). The number of carbonyl (C=O) groups excluding carboxylic acids is 4. The van der Waals surface area contributed by atoms with E-state index in [0.717, 1.165) is 186 Å². The van der Waals surface area contributed by atoms with Gasteiger partial charge in [0.15, 0.2) is 12.2 Å². The van der Waals surface area contributed by atoms with Crippen LogP contribution < -0.4 is 0 Å². The lowest BCUT2D eigenvalue weighted by atomic mass is 10.1. The molecule has 0 saturated carbocycles. The van der Waals surface area contributed by atoms with Crippen LogP contribution >= 0.6 is 15.6 Å². The van der Waals surface area contributed by atoms with Crippen molar-refractivity contribution < 1.29 is 80.2 Å². The summed E-state index contributed by atoms with van der Waals surface area (Å²) in [6.07, 6.45) is 95.9. The molecule has 19 heteroatoms. The van der Waals surface area contributed by atoms with Gasteiger partial charge in [-0.3, -0.25) is 37.3 Å². The molecule has 0 bridgehead atoms. The molecular weight excluding hydrogens is 1400 g/mol. The predicted molar refractivity (Wildman–Crippen MR) is 445 cm³/mol. The SMILES string of the molecule is CC/C=C\C/C=C\C/C=C\C/C=C\C/C=C\C/C=C\CCC(=O)OCC(COP(=O)(O)OCC(O)COP(=O)(O)OCC(COC(=O)CCCCCCCC/C=C\C/C=C\C/C=C\C/C=C\CC)OC(=O)CCCCCC/C=C\C/C=C\C/C=C\C/C=C\CC)OC(=O)CCCCCCC/C=C\CCCCCC. The summed E-state index contributed by atoms with van der Waals surface area (Å²) in [4.78, 5) is 73.1. The highest BCUT2D eigenvalue weighted by molar-refractivity contribution is 7.47. The molecule has 5 atom stereocenters. The summed E-state index contributed by atoms with van der Waals surface area (Å²) in [6.45, 7) is 4.37. The number of hydrogen-bond donors (Lipinski definition) is 3. The molecular formula is C89H144O17P2. The van der Waals surface area contributed by atoms with Crippen LogP contribution in [0.3, 0.4) is 0 Å². The minimum absolute atomic E-state index is 0.0284. The van der Waals surface area contributed by atoms with Crippen molar-refractivity contribution in [1.29, 1.82) is 0 Å². The Kier molecular flexibility index (Phi) is 75.0. The van der Waals surface area contributed by atoms with Crippen LogP contribution in [-0.2, 0) is 65.4 Å². The van der Waals surface area contributed by atoms with Gasteiger partial charge in [-0.2, -0.15) is 0 Å². The first-order valence-electron chi connectivity index (χ1n) is 41.0. The van der Waals surface area contributed by atoms with Crippen LogP contribution in [0.25, 0.3) is 0 Å². The second-order valence-electron chi connectivity index (χ2n) is 26.6. The molecule has 0 heterocycles. The third-order valence-corrected chi connectivity index (χ3v) is 18.3. The first-order chi connectivity index (χ1) is 52.7. The Morgan fingerprint density at radius 2 is 0.500 bits per heavy atom. The van der Waals surface area contributed by atoms with E-state index in [4.69, 9.17) is 37.0 Å². The number of hydrogen-bond acceptors (Lipinski definition) is 15. The first kappa shape index (κ1) is 102. The number of esters is 4. The molecule has 3 N–H and O–H groups in total. The number of aliphatic hydroxyl groups excluding tert-OH is 1. The third kappa shape index (κ3) is 78.3. The molecule has 17 nitrogen and oxygen atoms in total. The number of rotatable bonds is 75. The zero-order valence-electron chi connectivity index (χ0n) is 66.9. The first-order valence-corrected chi connectivity index (χ1v) is 44.0. The van der Waals surface area contributed by atoms with Gasteiger partial charge >= 0.3 is 39.5 Å². The van der Waals surface area contributed by atoms with Crippen LogP contribution in [0, 0.1) is 0 Å². The molecule has 0 amide bonds. The summed E-state index contributed by atoms with van der Waals surface area (Å²) < 4.78 is 68.6. The van der Waals surface area contributed by atoms with E-state index in [1.807, 2.05) is 18.2 Å². The normalized spacial score (nSPS) is 14.8. The Morgan fingerprint density at radius 1 is 0.269 bits per heavy atom. The lowest BCUT2D eigenvalue weighted by Crippen LogP contribution is -2.30. The van der Waals surface area contributed by atoms with Gasteiger partial charge in [-0.05, 0) is 167 Å². The maximum Gasteiger partial charge on any atom is 0.472 e. The smallest absolute Gasteiger partial charge is 0.462 e. The molecule has 0 spiro atoms. The van der Waals surface area contributed by atoms with Crippen molar-refractivity contribution in [3.8, 4) is 0 Å². The van der Waals surface area contributed by atoms with E-state index in [9.17, 15) is 43.2 Å². The second kappa shape index (κ2) is 79.3. The van der Waals surface area contributed by atoms with Crippen LogP contribution in [0.2, 0.25) is 0 Å².